The standard InChI is InChI=1S/C9H16N4O3S2/c1-7-11-6-9(17-7)18(15,16)12-5-3-2-4-8(10)13-14/h6,12,14H,2-5H2,1H3,(H2,10,13). The molecule has 0 aliphatic rings. The van der Waals surface area contributed by atoms with E-state index in [0.29, 0.717) is 30.8 Å². The lowest BCUT2D eigenvalue weighted by atomic mass is 10.2. The first-order chi connectivity index (χ1) is 8.45. The minimum absolute atomic E-state index is 0.149. The minimum Gasteiger partial charge on any atom is -0.409 e. The number of unbranched alkanes of at least 4 members (excludes halogenated alkanes) is 1. The maximum Gasteiger partial charge on any atom is 0.251 e. The van der Waals surface area contributed by atoms with Gasteiger partial charge in [0.25, 0.3) is 10.0 Å². The second-order valence-electron chi connectivity index (χ2n) is 3.64. The Bertz CT molecular complexity index is 510. The second-order valence-corrected chi connectivity index (χ2v) is 6.87. The molecule has 9 heteroatoms. The molecule has 0 aliphatic carbocycles. The van der Waals surface area contributed by atoms with Crippen molar-refractivity contribution >= 4 is 27.2 Å². The topological polar surface area (TPSA) is 118 Å². The van der Waals surface area contributed by atoms with Crippen molar-refractivity contribution in [2.75, 3.05) is 6.54 Å². The number of oxime groups is 1. The van der Waals surface area contributed by atoms with Gasteiger partial charge in [-0.3, -0.25) is 0 Å². The number of hydrogen-bond acceptors (Lipinski definition) is 6. The third-order valence-electron chi connectivity index (χ3n) is 2.15. The van der Waals surface area contributed by atoms with Crippen LogP contribution in [0.25, 0.3) is 0 Å². The van der Waals surface area contributed by atoms with Gasteiger partial charge < -0.3 is 10.9 Å². The normalized spacial score (nSPS) is 12.8. The van der Waals surface area contributed by atoms with Gasteiger partial charge in [0, 0.05) is 13.0 Å². The van der Waals surface area contributed by atoms with Gasteiger partial charge in [-0.05, 0) is 19.8 Å². The number of amidine groups is 1. The van der Waals surface area contributed by atoms with Gasteiger partial charge in [0.1, 0.15) is 5.84 Å². The smallest absolute Gasteiger partial charge is 0.251 e. The Morgan fingerprint density at radius 1 is 1.61 bits per heavy atom. The molecule has 0 radical (unpaired) electrons. The lowest BCUT2D eigenvalue weighted by Crippen LogP contribution is -2.24. The van der Waals surface area contributed by atoms with E-state index < -0.39 is 10.0 Å². The van der Waals surface area contributed by atoms with Crippen LogP contribution in [0.4, 0.5) is 0 Å². The molecule has 7 nitrogen and oxygen atoms in total. The van der Waals surface area contributed by atoms with Crippen molar-refractivity contribution in [1.82, 2.24) is 9.71 Å². The summed E-state index contributed by atoms with van der Waals surface area (Å²) in [6, 6.07) is 0. The van der Waals surface area contributed by atoms with Gasteiger partial charge in [-0.15, -0.1) is 11.3 Å². The Balaban J connectivity index is 2.35. The molecule has 4 N–H and O–H groups in total. The summed E-state index contributed by atoms with van der Waals surface area (Å²) < 4.78 is 26.2. The average molecular weight is 292 g/mol. The van der Waals surface area contributed by atoms with Crippen LogP contribution in [0.15, 0.2) is 15.6 Å². The number of aromatic nitrogens is 1. The van der Waals surface area contributed by atoms with Crippen LogP contribution in [-0.2, 0) is 10.0 Å². The Kier molecular flexibility index (Phi) is 5.51. The number of nitrogens with one attached hydrogen (secondary N) is 1. The third kappa shape index (κ3) is 4.59. The molecule has 0 fully saturated rings. The lowest BCUT2D eigenvalue weighted by Gasteiger charge is -2.03. The molecule has 0 amide bonds. The molecule has 1 aromatic heterocycles. The number of nitrogens with zero attached hydrogens (tertiary/aromatic N) is 2. The number of nitrogens with two attached hydrogens (primary N) is 1. The monoisotopic (exact) mass is 292 g/mol. The molecule has 0 saturated heterocycles. The van der Waals surface area contributed by atoms with Gasteiger partial charge in [-0.1, -0.05) is 5.16 Å². The Hall–Kier alpha value is -1.19. The fourth-order valence-corrected chi connectivity index (χ4v) is 3.45. The molecular formula is C9H16N4O3S2. The van der Waals surface area contributed by atoms with Crippen molar-refractivity contribution in [3.63, 3.8) is 0 Å². The van der Waals surface area contributed by atoms with Crippen molar-refractivity contribution in [2.24, 2.45) is 10.9 Å². The zero-order chi connectivity index (χ0) is 13.6. The number of rotatable bonds is 7. The van der Waals surface area contributed by atoms with E-state index in [1.807, 2.05) is 0 Å². The molecule has 18 heavy (non-hydrogen) atoms. The number of thiazole rings is 1. The highest BCUT2D eigenvalue weighted by atomic mass is 32.2. The number of aryl methyl sites for hydroxylation is 1. The largest absolute Gasteiger partial charge is 0.409 e. The molecule has 1 aromatic rings. The highest BCUT2D eigenvalue weighted by molar-refractivity contribution is 7.91. The van der Waals surface area contributed by atoms with Gasteiger partial charge in [0.2, 0.25) is 0 Å². The molecule has 0 saturated carbocycles. The molecule has 0 unspecified atom stereocenters. The molecule has 102 valence electrons. The summed E-state index contributed by atoms with van der Waals surface area (Å²) in [5.41, 5.74) is 5.29. The van der Waals surface area contributed by atoms with E-state index in [0.717, 1.165) is 11.3 Å². The predicted octanol–water partition coefficient (Wildman–Crippen LogP) is 0.647. The molecule has 1 rings (SSSR count). The summed E-state index contributed by atoms with van der Waals surface area (Å²) in [5, 5.41) is 11.9. The first kappa shape index (κ1) is 14.9. The maximum atomic E-state index is 11.8. The zero-order valence-electron chi connectivity index (χ0n) is 9.96. The maximum absolute atomic E-state index is 11.8. The van der Waals surface area contributed by atoms with Gasteiger partial charge >= 0.3 is 0 Å². The van der Waals surface area contributed by atoms with Crippen molar-refractivity contribution in [3.8, 4) is 0 Å². The van der Waals surface area contributed by atoms with Crippen LogP contribution in [-0.4, -0.2) is 31.0 Å². The van der Waals surface area contributed by atoms with Crippen LogP contribution in [0, 0.1) is 6.92 Å². The summed E-state index contributed by atoms with van der Waals surface area (Å²) >= 11 is 1.13. The summed E-state index contributed by atoms with van der Waals surface area (Å²) in [6.45, 7) is 2.07. The third-order valence-corrected chi connectivity index (χ3v) is 4.98. The number of sulfonamides is 1. The SMILES string of the molecule is Cc1ncc(S(=O)(=O)NCCCC/C(N)=N/O)s1. The second kappa shape index (κ2) is 6.66. The fraction of sp³-hybridized carbons (Fsp3) is 0.556. The van der Waals surface area contributed by atoms with Crippen molar-refractivity contribution in [1.29, 1.82) is 0 Å². The highest BCUT2D eigenvalue weighted by Crippen LogP contribution is 2.17. The Morgan fingerprint density at radius 3 is 2.89 bits per heavy atom. The molecular weight excluding hydrogens is 276 g/mol. The van der Waals surface area contributed by atoms with Crippen LogP contribution < -0.4 is 10.5 Å². The van der Waals surface area contributed by atoms with E-state index in [1.54, 1.807) is 6.92 Å². The first-order valence-electron chi connectivity index (χ1n) is 5.34. The van der Waals surface area contributed by atoms with E-state index in [9.17, 15) is 8.42 Å². The van der Waals surface area contributed by atoms with Gasteiger partial charge in [0.05, 0.1) is 11.2 Å². The molecule has 1 heterocycles. The Labute approximate surface area is 110 Å². The molecule has 0 aromatic carbocycles. The average Bonchev–Trinajstić information content (AvgIpc) is 2.75. The van der Waals surface area contributed by atoms with Gasteiger partial charge in [-0.25, -0.2) is 18.1 Å². The Morgan fingerprint density at radius 2 is 2.33 bits per heavy atom. The number of hydrogen-bond donors (Lipinski definition) is 3. The molecule has 0 bridgehead atoms. The summed E-state index contributed by atoms with van der Waals surface area (Å²) in [7, 11) is -3.45. The van der Waals surface area contributed by atoms with Crippen LogP contribution in [0.1, 0.15) is 24.3 Å². The van der Waals surface area contributed by atoms with Gasteiger partial charge in [0.15, 0.2) is 4.21 Å². The minimum atomic E-state index is -3.45. The van der Waals surface area contributed by atoms with E-state index in [1.165, 1.54) is 6.20 Å². The molecule has 0 aliphatic heterocycles. The van der Waals surface area contributed by atoms with E-state index in [4.69, 9.17) is 10.9 Å². The van der Waals surface area contributed by atoms with Crippen molar-refractivity contribution in [2.45, 2.75) is 30.4 Å². The summed E-state index contributed by atoms with van der Waals surface area (Å²) in [6.07, 6.45) is 3.06. The van der Waals surface area contributed by atoms with Crippen LogP contribution in [0.2, 0.25) is 0 Å². The quantitative estimate of drug-likeness (QED) is 0.224. The highest BCUT2D eigenvalue weighted by Gasteiger charge is 2.15. The fourth-order valence-electron chi connectivity index (χ4n) is 1.22. The molecule has 0 atom stereocenters. The van der Waals surface area contributed by atoms with E-state index >= 15 is 0 Å². The summed E-state index contributed by atoms with van der Waals surface area (Å²) in [5.74, 6) is 0.149. The van der Waals surface area contributed by atoms with E-state index in [2.05, 4.69) is 14.9 Å². The van der Waals surface area contributed by atoms with E-state index in [-0.39, 0.29) is 10.0 Å². The lowest BCUT2D eigenvalue weighted by molar-refractivity contribution is 0.316. The van der Waals surface area contributed by atoms with Gasteiger partial charge in [-0.2, -0.15) is 0 Å². The van der Waals surface area contributed by atoms with Crippen LogP contribution >= 0.6 is 11.3 Å². The van der Waals surface area contributed by atoms with Crippen molar-refractivity contribution < 1.29 is 13.6 Å². The predicted molar refractivity (Wildman–Crippen MR) is 69.3 cm³/mol. The first-order valence-corrected chi connectivity index (χ1v) is 7.64. The van der Waals surface area contributed by atoms with Crippen LogP contribution in [0.3, 0.4) is 0 Å². The summed E-state index contributed by atoms with van der Waals surface area (Å²) in [4.78, 5) is 3.90. The van der Waals surface area contributed by atoms with Crippen LogP contribution in [0.5, 0.6) is 0 Å². The zero-order valence-corrected chi connectivity index (χ0v) is 11.6. The molecule has 0 spiro atoms. The van der Waals surface area contributed by atoms with Crippen molar-refractivity contribution in [3.05, 3.63) is 11.2 Å².